The van der Waals surface area contributed by atoms with E-state index < -0.39 is 0 Å². The predicted molar refractivity (Wildman–Crippen MR) is 86.1 cm³/mol. The molecule has 1 amide bonds. The summed E-state index contributed by atoms with van der Waals surface area (Å²) in [6.45, 7) is 1.84. The van der Waals surface area contributed by atoms with Gasteiger partial charge in [-0.25, -0.2) is 0 Å². The molecule has 1 aromatic carbocycles. The van der Waals surface area contributed by atoms with E-state index in [1.807, 2.05) is 6.92 Å². The molecule has 21 heavy (non-hydrogen) atoms. The van der Waals surface area contributed by atoms with Gasteiger partial charge in [-0.2, -0.15) is 0 Å². The first kappa shape index (κ1) is 16.0. The van der Waals surface area contributed by atoms with Crippen LogP contribution in [0.25, 0.3) is 0 Å². The summed E-state index contributed by atoms with van der Waals surface area (Å²) < 4.78 is 5.17. The largest absolute Gasteiger partial charge is 0.497 e. The van der Waals surface area contributed by atoms with Crippen LogP contribution in [0.5, 0.6) is 5.75 Å². The zero-order valence-electron chi connectivity index (χ0n) is 12.6. The van der Waals surface area contributed by atoms with Crippen molar-refractivity contribution in [2.24, 2.45) is 0 Å². The van der Waals surface area contributed by atoms with Crippen LogP contribution in [0.2, 0.25) is 5.02 Å². The number of hydrogen-bond donors (Lipinski definition) is 2. The highest BCUT2D eigenvalue weighted by molar-refractivity contribution is 6.33. The van der Waals surface area contributed by atoms with Crippen LogP contribution >= 0.6 is 11.6 Å². The topological polar surface area (TPSA) is 50.4 Å². The number of ether oxygens (including phenoxy) is 1. The Morgan fingerprint density at radius 3 is 2.71 bits per heavy atom. The fraction of sp³-hybridized carbons (Fsp3) is 0.562. The van der Waals surface area contributed by atoms with E-state index in [1.165, 1.54) is 19.3 Å². The van der Waals surface area contributed by atoms with Gasteiger partial charge in [-0.3, -0.25) is 4.79 Å². The Morgan fingerprint density at radius 1 is 1.33 bits per heavy atom. The maximum Gasteiger partial charge on any atom is 0.242 e. The first-order valence-corrected chi connectivity index (χ1v) is 7.88. The van der Waals surface area contributed by atoms with E-state index in [-0.39, 0.29) is 11.9 Å². The van der Waals surface area contributed by atoms with Gasteiger partial charge in [0.25, 0.3) is 0 Å². The molecule has 0 bridgehead atoms. The highest BCUT2D eigenvalue weighted by Gasteiger charge is 2.20. The van der Waals surface area contributed by atoms with Gasteiger partial charge in [0, 0.05) is 12.1 Å². The Hall–Kier alpha value is -1.42. The summed E-state index contributed by atoms with van der Waals surface area (Å²) in [5, 5.41) is 6.84. The standard InChI is InChI=1S/C16H23ClN2O2/c1-11(16(20)19-12-6-4-3-5-7-12)18-15-10-13(21-2)8-9-14(15)17/h8-12,18H,3-7H2,1-2H3,(H,19,20). The van der Waals surface area contributed by atoms with Crippen LogP contribution < -0.4 is 15.4 Å². The minimum Gasteiger partial charge on any atom is -0.497 e. The lowest BCUT2D eigenvalue weighted by Gasteiger charge is -2.25. The van der Waals surface area contributed by atoms with E-state index in [4.69, 9.17) is 16.3 Å². The van der Waals surface area contributed by atoms with Gasteiger partial charge < -0.3 is 15.4 Å². The molecule has 116 valence electrons. The lowest BCUT2D eigenvalue weighted by atomic mass is 9.95. The highest BCUT2D eigenvalue weighted by Crippen LogP contribution is 2.27. The van der Waals surface area contributed by atoms with E-state index in [0.29, 0.717) is 22.5 Å². The van der Waals surface area contributed by atoms with Gasteiger partial charge in [0.15, 0.2) is 0 Å². The molecule has 0 heterocycles. The van der Waals surface area contributed by atoms with E-state index in [2.05, 4.69) is 10.6 Å². The second-order valence-electron chi connectivity index (χ2n) is 5.56. The molecule has 1 aliphatic rings. The van der Waals surface area contributed by atoms with Crippen LogP contribution in [0.15, 0.2) is 18.2 Å². The monoisotopic (exact) mass is 310 g/mol. The predicted octanol–water partition coefficient (Wildman–Crippen LogP) is 3.60. The van der Waals surface area contributed by atoms with E-state index >= 15 is 0 Å². The minimum absolute atomic E-state index is 0.0146. The molecule has 1 saturated carbocycles. The first-order valence-electron chi connectivity index (χ1n) is 7.50. The van der Waals surface area contributed by atoms with E-state index in [9.17, 15) is 4.79 Å². The van der Waals surface area contributed by atoms with Crippen LogP contribution in [-0.4, -0.2) is 25.1 Å². The smallest absolute Gasteiger partial charge is 0.242 e. The van der Waals surface area contributed by atoms with E-state index in [1.54, 1.807) is 25.3 Å². The highest BCUT2D eigenvalue weighted by atomic mass is 35.5. The Balaban J connectivity index is 1.93. The summed E-state index contributed by atoms with van der Waals surface area (Å²) in [6, 6.07) is 5.33. The van der Waals surface area contributed by atoms with Crippen LogP contribution in [0.1, 0.15) is 39.0 Å². The molecule has 2 N–H and O–H groups in total. The van der Waals surface area contributed by atoms with Crippen molar-refractivity contribution in [3.63, 3.8) is 0 Å². The Bertz CT molecular complexity index is 487. The van der Waals surface area contributed by atoms with Gasteiger partial charge in [-0.1, -0.05) is 30.9 Å². The number of halogens is 1. The van der Waals surface area contributed by atoms with Crippen molar-refractivity contribution < 1.29 is 9.53 Å². The van der Waals surface area contributed by atoms with Crippen molar-refractivity contribution in [1.29, 1.82) is 0 Å². The summed E-state index contributed by atoms with van der Waals surface area (Å²) in [7, 11) is 1.60. The van der Waals surface area contributed by atoms with Gasteiger partial charge in [0.2, 0.25) is 5.91 Å². The normalized spacial score (nSPS) is 17.1. The van der Waals surface area contributed by atoms with Crippen molar-refractivity contribution in [1.82, 2.24) is 5.32 Å². The minimum atomic E-state index is -0.337. The third kappa shape index (κ3) is 4.53. The van der Waals surface area contributed by atoms with E-state index in [0.717, 1.165) is 12.8 Å². The molecule has 4 nitrogen and oxygen atoms in total. The van der Waals surface area contributed by atoms with Gasteiger partial charge in [0.05, 0.1) is 17.8 Å². The average Bonchev–Trinajstić information content (AvgIpc) is 2.50. The molecular formula is C16H23ClN2O2. The van der Waals surface area contributed by atoms with Crippen molar-refractivity contribution >= 4 is 23.2 Å². The maximum absolute atomic E-state index is 12.2. The lowest BCUT2D eigenvalue weighted by molar-refractivity contribution is -0.122. The van der Waals surface area contributed by atoms with Crippen molar-refractivity contribution in [2.45, 2.75) is 51.1 Å². The van der Waals surface area contributed by atoms with Crippen LogP contribution in [0.3, 0.4) is 0 Å². The molecule has 1 aromatic rings. The SMILES string of the molecule is COc1ccc(Cl)c(NC(C)C(=O)NC2CCCCC2)c1. The molecule has 1 atom stereocenters. The number of carbonyl (C=O) groups excluding carboxylic acids is 1. The fourth-order valence-electron chi connectivity index (χ4n) is 2.61. The Morgan fingerprint density at radius 2 is 2.05 bits per heavy atom. The van der Waals surface area contributed by atoms with Crippen LogP contribution in [0, 0.1) is 0 Å². The summed E-state index contributed by atoms with van der Waals surface area (Å²) in [5.74, 6) is 0.725. The number of rotatable bonds is 5. The van der Waals surface area contributed by atoms with Gasteiger partial charge in [-0.05, 0) is 31.9 Å². The molecule has 2 rings (SSSR count). The number of anilines is 1. The number of amides is 1. The average molecular weight is 311 g/mol. The number of methoxy groups -OCH3 is 1. The molecule has 5 heteroatoms. The molecule has 0 spiro atoms. The van der Waals surface area contributed by atoms with Gasteiger partial charge >= 0.3 is 0 Å². The maximum atomic E-state index is 12.2. The second-order valence-corrected chi connectivity index (χ2v) is 5.96. The molecule has 0 aromatic heterocycles. The van der Waals surface area contributed by atoms with Crippen molar-refractivity contribution in [3.8, 4) is 5.75 Å². The van der Waals surface area contributed by atoms with Crippen LogP contribution in [-0.2, 0) is 4.79 Å². The molecule has 1 unspecified atom stereocenters. The summed E-state index contributed by atoms with van der Waals surface area (Å²) in [4.78, 5) is 12.2. The first-order chi connectivity index (χ1) is 10.1. The molecule has 0 aliphatic heterocycles. The third-order valence-corrected chi connectivity index (χ3v) is 4.22. The van der Waals surface area contributed by atoms with Crippen molar-refractivity contribution in [3.05, 3.63) is 23.2 Å². The number of carbonyl (C=O) groups is 1. The van der Waals surface area contributed by atoms with Crippen molar-refractivity contribution in [2.75, 3.05) is 12.4 Å². The third-order valence-electron chi connectivity index (χ3n) is 3.89. The second kappa shape index (κ2) is 7.55. The number of benzene rings is 1. The molecule has 1 aliphatic carbocycles. The lowest BCUT2D eigenvalue weighted by Crippen LogP contribution is -2.44. The number of hydrogen-bond acceptors (Lipinski definition) is 3. The summed E-state index contributed by atoms with van der Waals surface area (Å²) in [6.07, 6.45) is 5.85. The quantitative estimate of drug-likeness (QED) is 0.873. The van der Waals surface area contributed by atoms with Crippen LogP contribution in [0.4, 0.5) is 5.69 Å². The Labute approximate surface area is 131 Å². The van der Waals surface area contributed by atoms with Gasteiger partial charge in [-0.15, -0.1) is 0 Å². The molecule has 1 fully saturated rings. The Kier molecular flexibility index (Phi) is 5.74. The molecule has 0 saturated heterocycles. The zero-order chi connectivity index (χ0) is 15.2. The fourth-order valence-corrected chi connectivity index (χ4v) is 2.79. The zero-order valence-corrected chi connectivity index (χ0v) is 13.4. The number of nitrogens with one attached hydrogen (secondary N) is 2. The summed E-state index contributed by atoms with van der Waals surface area (Å²) >= 11 is 6.14. The summed E-state index contributed by atoms with van der Waals surface area (Å²) in [5.41, 5.74) is 0.710. The molecule has 0 radical (unpaired) electrons. The molecular weight excluding hydrogens is 288 g/mol. The van der Waals surface area contributed by atoms with Gasteiger partial charge in [0.1, 0.15) is 11.8 Å².